The predicted molar refractivity (Wildman–Crippen MR) is 135 cm³/mol. The lowest BCUT2D eigenvalue weighted by Crippen LogP contribution is -2.39. The van der Waals surface area contributed by atoms with Crippen molar-refractivity contribution in [3.63, 3.8) is 0 Å². The average Bonchev–Trinajstić information content (AvgIpc) is 3.03. The topological polar surface area (TPSA) is 53.3 Å². The molecule has 0 aromatic heterocycles. The molecule has 1 aliphatic rings. The van der Waals surface area contributed by atoms with Gasteiger partial charge < -0.3 is 9.64 Å². The van der Waals surface area contributed by atoms with Gasteiger partial charge in [-0.05, 0) is 68.0 Å². The molecule has 5 heteroatoms. The Morgan fingerprint density at radius 3 is 2.23 bits per heavy atom. The van der Waals surface area contributed by atoms with Gasteiger partial charge in [-0.1, -0.05) is 66.7 Å². The van der Waals surface area contributed by atoms with Crippen molar-refractivity contribution in [2.45, 2.75) is 51.7 Å². The van der Waals surface area contributed by atoms with E-state index in [1.54, 1.807) is 17.0 Å². The molecule has 0 aliphatic carbocycles. The minimum absolute atomic E-state index is 0.180. The van der Waals surface area contributed by atoms with E-state index in [1.807, 2.05) is 75.4 Å². The molecule has 0 bridgehead atoms. The van der Waals surface area contributed by atoms with E-state index in [4.69, 9.17) is 4.74 Å². The number of cyclic esters (lactones) is 1. The lowest BCUT2D eigenvalue weighted by Gasteiger charge is -2.37. The molecule has 3 aromatic rings. The van der Waals surface area contributed by atoms with Crippen LogP contribution < -0.4 is 0 Å². The number of hydrogen-bond acceptors (Lipinski definition) is 3. The van der Waals surface area contributed by atoms with Gasteiger partial charge in [-0.3, -0.25) is 0 Å². The van der Waals surface area contributed by atoms with E-state index in [0.717, 1.165) is 28.7 Å². The number of hydrogen-bond donors (Lipinski definition) is 0. The van der Waals surface area contributed by atoms with Crippen molar-refractivity contribution in [3.8, 4) is 17.2 Å². The SMILES string of the molecule is CC(c1ccc(-c2ccc(F)cc2)cc1)N1CCCC(CC(C)(C)C#N)(c2ccccc2)OC1=O. The Kier molecular flexibility index (Phi) is 6.93. The lowest BCUT2D eigenvalue weighted by molar-refractivity contribution is -0.0293. The van der Waals surface area contributed by atoms with Gasteiger partial charge in [-0.15, -0.1) is 0 Å². The highest BCUT2D eigenvalue weighted by atomic mass is 19.1. The number of halogens is 1. The Balaban J connectivity index is 1.58. The molecule has 1 heterocycles. The highest BCUT2D eigenvalue weighted by Crippen LogP contribution is 2.44. The van der Waals surface area contributed by atoms with Crippen molar-refractivity contribution in [1.82, 2.24) is 4.90 Å². The fourth-order valence-corrected chi connectivity index (χ4v) is 4.96. The zero-order chi connectivity index (χ0) is 25.1. The molecule has 2 atom stereocenters. The van der Waals surface area contributed by atoms with E-state index < -0.39 is 11.0 Å². The fourth-order valence-electron chi connectivity index (χ4n) is 4.96. The van der Waals surface area contributed by atoms with Crippen molar-refractivity contribution >= 4 is 6.09 Å². The standard InChI is InChI=1S/C30H31FN2O2/c1-22(23-10-12-24(13-11-23)25-14-16-27(31)17-15-25)33-19-7-18-30(35-28(33)34,20-29(2,3)21-32)26-8-5-4-6-9-26/h4-6,8-17,22H,7,18-20H2,1-3H3. The molecule has 1 saturated heterocycles. The Morgan fingerprint density at radius 2 is 1.63 bits per heavy atom. The summed E-state index contributed by atoms with van der Waals surface area (Å²) in [6.07, 6.45) is 1.48. The number of amides is 1. The second-order valence-corrected chi connectivity index (χ2v) is 10.0. The quantitative estimate of drug-likeness (QED) is 0.372. The summed E-state index contributed by atoms with van der Waals surface area (Å²) >= 11 is 0. The first-order valence-electron chi connectivity index (χ1n) is 12.1. The molecule has 4 nitrogen and oxygen atoms in total. The molecular weight excluding hydrogens is 439 g/mol. The van der Waals surface area contributed by atoms with Crippen molar-refractivity contribution in [3.05, 3.63) is 95.8 Å². The smallest absolute Gasteiger partial charge is 0.411 e. The van der Waals surface area contributed by atoms with Crippen LogP contribution in [0.2, 0.25) is 0 Å². The predicted octanol–water partition coefficient (Wildman–Crippen LogP) is 7.62. The first-order valence-corrected chi connectivity index (χ1v) is 12.1. The third kappa shape index (κ3) is 5.38. The third-order valence-electron chi connectivity index (χ3n) is 6.87. The Hall–Kier alpha value is -3.65. The van der Waals surface area contributed by atoms with E-state index in [1.165, 1.54) is 12.1 Å². The van der Waals surface area contributed by atoms with Gasteiger partial charge in [0.25, 0.3) is 0 Å². The van der Waals surface area contributed by atoms with Crippen LogP contribution in [0.3, 0.4) is 0 Å². The van der Waals surface area contributed by atoms with Gasteiger partial charge in [0.1, 0.15) is 11.4 Å². The molecule has 0 N–H and O–H groups in total. The summed E-state index contributed by atoms with van der Waals surface area (Å²) in [5, 5.41) is 9.71. The summed E-state index contributed by atoms with van der Waals surface area (Å²) in [6.45, 7) is 6.35. The third-order valence-corrected chi connectivity index (χ3v) is 6.87. The number of nitriles is 1. The van der Waals surface area contributed by atoms with Gasteiger partial charge in [0.2, 0.25) is 0 Å². The van der Waals surface area contributed by atoms with Crippen molar-refractivity contribution in [2.24, 2.45) is 5.41 Å². The number of rotatable bonds is 6. The molecule has 35 heavy (non-hydrogen) atoms. The first-order chi connectivity index (χ1) is 16.7. The normalized spacial score (nSPS) is 19.4. The van der Waals surface area contributed by atoms with E-state index in [0.29, 0.717) is 19.4 Å². The Bertz CT molecular complexity index is 1200. The maximum absolute atomic E-state index is 13.5. The molecule has 0 spiro atoms. The van der Waals surface area contributed by atoms with Gasteiger partial charge in [0, 0.05) is 13.0 Å². The van der Waals surface area contributed by atoms with Gasteiger partial charge in [-0.2, -0.15) is 5.26 Å². The van der Waals surface area contributed by atoms with Crippen LogP contribution >= 0.6 is 0 Å². The van der Waals surface area contributed by atoms with E-state index in [2.05, 4.69) is 6.07 Å². The maximum atomic E-state index is 13.5. The summed E-state index contributed by atoms with van der Waals surface area (Å²) in [5.74, 6) is -0.261. The van der Waals surface area contributed by atoms with Gasteiger partial charge in [-0.25, -0.2) is 9.18 Å². The summed E-state index contributed by atoms with van der Waals surface area (Å²) in [6, 6.07) is 26.4. The largest absolute Gasteiger partial charge is 0.438 e. The van der Waals surface area contributed by atoms with Gasteiger partial charge in [0.15, 0.2) is 0 Å². The summed E-state index contributed by atoms with van der Waals surface area (Å²) in [5.41, 5.74) is 2.35. The van der Waals surface area contributed by atoms with Crippen LogP contribution in [-0.2, 0) is 10.3 Å². The zero-order valence-corrected chi connectivity index (χ0v) is 20.5. The molecule has 3 aromatic carbocycles. The van der Waals surface area contributed by atoms with Crippen LogP contribution in [0.15, 0.2) is 78.9 Å². The Morgan fingerprint density at radius 1 is 1.03 bits per heavy atom. The van der Waals surface area contributed by atoms with Crippen molar-refractivity contribution in [2.75, 3.05) is 6.54 Å². The van der Waals surface area contributed by atoms with Crippen LogP contribution in [0.5, 0.6) is 0 Å². The second-order valence-electron chi connectivity index (χ2n) is 10.0. The average molecular weight is 471 g/mol. The summed E-state index contributed by atoms with van der Waals surface area (Å²) < 4.78 is 19.5. The maximum Gasteiger partial charge on any atom is 0.411 e. The number of ether oxygens (including phenoxy) is 1. The molecule has 4 rings (SSSR count). The van der Waals surface area contributed by atoms with E-state index >= 15 is 0 Å². The first kappa shape index (κ1) is 24.5. The van der Waals surface area contributed by atoms with Crippen molar-refractivity contribution in [1.29, 1.82) is 5.26 Å². The molecule has 1 fully saturated rings. The fraction of sp³-hybridized carbons (Fsp3) is 0.333. The van der Waals surface area contributed by atoms with Crippen LogP contribution in [0.4, 0.5) is 9.18 Å². The minimum atomic E-state index is -0.849. The highest BCUT2D eigenvalue weighted by Gasteiger charge is 2.44. The summed E-state index contributed by atoms with van der Waals surface area (Å²) in [4.78, 5) is 15.3. The number of carbonyl (C=O) groups excluding carboxylic acids is 1. The lowest BCUT2D eigenvalue weighted by atomic mass is 9.75. The number of benzene rings is 3. The number of nitrogens with zero attached hydrogens (tertiary/aromatic N) is 2. The van der Waals surface area contributed by atoms with E-state index in [-0.39, 0.29) is 18.0 Å². The zero-order valence-electron chi connectivity index (χ0n) is 20.5. The van der Waals surface area contributed by atoms with Crippen LogP contribution in [0.1, 0.15) is 57.2 Å². The molecule has 1 aliphatic heterocycles. The molecule has 180 valence electrons. The number of carbonyl (C=O) groups is 1. The van der Waals surface area contributed by atoms with Gasteiger partial charge >= 0.3 is 6.09 Å². The second kappa shape index (κ2) is 9.92. The molecule has 0 saturated carbocycles. The molecule has 2 unspecified atom stereocenters. The van der Waals surface area contributed by atoms with Crippen molar-refractivity contribution < 1.29 is 13.9 Å². The van der Waals surface area contributed by atoms with Gasteiger partial charge in [0.05, 0.1) is 17.5 Å². The van der Waals surface area contributed by atoms with Crippen LogP contribution in [0.25, 0.3) is 11.1 Å². The highest BCUT2D eigenvalue weighted by molar-refractivity contribution is 5.70. The van der Waals surface area contributed by atoms with E-state index in [9.17, 15) is 14.4 Å². The van der Waals surface area contributed by atoms with Crippen LogP contribution in [-0.4, -0.2) is 17.5 Å². The monoisotopic (exact) mass is 470 g/mol. The molecule has 1 amide bonds. The van der Waals surface area contributed by atoms with Crippen LogP contribution in [0, 0.1) is 22.6 Å². The Labute approximate surface area is 207 Å². The molecule has 0 radical (unpaired) electrons. The molecular formula is C30H31FN2O2. The minimum Gasteiger partial charge on any atom is -0.438 e. The summed E-state index contributed by atoms with van der Waals surface area (Å²) in [7, 11) is 0.